The maximum atomic E-state index is 15.2. The van der Waals surface area contributed by atoms with Crippen molar-refractivity contribution in [3.05, 3.63) is 101 Å². The van der Waals surface area contributed by atoms with E-state index >= 15 is 4.39 Å². The molecular weight excluding hydrogens is 735 g/mol. The molecule has 0 unspecified atom stereocenters. The van der Waals surface area contributed by atoms with Crippen molar-refractivity contribution >= 4 is 35.6 Å². The second kappa shape index (κ2) is 19.6. The molecule has 4 N–H and O–H groups in total. The predicted molar refractivity (Wildman–Crippen MR) is 211 cm³/mol. The van der Waals surface area contributed by atoms with Gasteiger partial charge in [0.25, 0.3) is 5.91 Å². The third-order valence-electron chi connectivity index (χ3n) is 9.95. The van der Waals surface area contributed by atoms with E-state index in [0.29, 0.717) is 32.6 Å². The normalized spacial score (nSPS) is 16.7. The number of fused-ring (bicyclic) bond motifs is 1. The topological polar surface area (TPSA) is 168 Å². The molecule has 0 bridgehead atoms. The molecule has 2 aliphatic heterocycles. The second-order valence-electron chi connectivity index (χ2n) is 15.3. The first kappa shape index (κ1) is 42.6. The molecule has 0 radical (unpaired) electrons. The predicted octanol–water partition coefficient (Wildman–Crippen LogP) is 5.14. The van der Waals surface area contributed by atoms with Crippen molar-refractivity contribution in [2.75, 3.05) is 45.2 Å². The van der Waals surface area contributed by atoms with E-state index in [0.717, 1.165) is 22.8 Å². The van der Waals surface area contributed by atoms with Crippen LogP contribution >= 0.6 is 0 Å². The van der Waals surface area contributed by atoms with E-state index in [-0.39, 0.29) is 49.3 Å². The van der Waals surface area contributed by atoms with Gasteiger partial charge in [0.05, 0.1) is 5.69 Å². The number of nitrogens with one attached hydrogen (secondary N) is 4. The third kappa shape index (κ3) is 12.0. The minimum absolute atomic E-state index is 0.0249. The number of likely N-dealkylation sites (N-methyl/N-ethyl adjacent to an activating group) is 1. The average Bonchev–Trinajstić information content (AvgIpc) is 3.56. The fraction of sp³-hybridized carbons (Fsp3) is 0.452. The zero-order valence-corrected chi connectivity index (χ0v) is 33.1. The Hall–Kier alpha value is -5.54. The molecule has 0 spiro atoms. The van der Waals surface area contributed by atoms with Gasteiger partial charge in [-0.25, -0.2) is 14.0 Å². The Morgan fingerprint density at radius 1 is 0.947 bits per heavy atom. The van der Waals surface area contributed by atoms with Gasteiger partial charge < -0.3 is 35.5 Å². The number of carbonyl (C=O) groups excluding carboxylic acids is 5. The monoisotopic (exact) mass is 788 g/mol. The summed E-state index contributed by atoms with van der Waals surface area (Å²) in [6, 6.07) is 18.3. The minimum Gasteiger partial charge on any atom is -0.445 e. The lowest BCUT2D eigenvalue weighted by Crippen LogP contribution is -2.55. The van der Waals surface area contributed by atoms with Crippen LogP contribution in [-0.4, -0.2) is 97.3 Å². The summed E-state index contributed by atoms with van der Waals surface area (Å²) in [5.74, 6) is -2.11. The van der Waals surface area contributed by atoms with E-state index in [9.17, 15) is 24.0 Å². The van der Waals surface area contributed by atoms with Gasteiger partial charge in [0.2, 0.25) is 11.8 Å². The quantitative estimate of drug-likeness (QED) is 0.162. The molecule has 3 aromatic rings. The highest BCUT2D eigenvalue weighted by atomic mass is 19.1. The summed E-state index contributed by atoms with van der Waals surface area (Å²) in [6.07, 6.45) is 0.118. The van der Waals surface area contributed by atoms with Crippen LogP contribution in [0, 0.1) is 11.7 Å². The van der Waals surface area contributed by atoms with E-state index in [1.165, 1.54) is 24.1 Å². The fourth-order valence-electron chi connectivity index (χ4n) is 6.76. The largest absolute Gasteiger partial charge is 0.445 e. The number of nitrogens with zero attached hydrogens (tertiary/aromatic N) is 2. The van der Waals surface area contributed by atoms with Crippen LogP contribution in [0.4, 0.5) is 19.7 Å². The van der Waals surface area contributed by atoms with Crippen LogP contribution < -0.4 is 21.3 Å². The van der Waals surface area contributed by atoms with E-state index in [1.54, 1.807) is 27.7 Å². The molecule has 0 aromatic heterocycles. The summed E-state index contributed by atoms with van der Waals surface area (Å²) in [4.78, 5) is 68.9. The van der Waals surface area contributed by atoms with Crippen LogP contribution in [0.1, 0.15) is 73.6 Å². The molecule has 306 valence electrons. The lowest BCUT2D eigenvalue weighted by molar-refractivity contribution is -0.127. The summed E-state index contributed by atoms with van der Waals surface area (Å²) in [6.45, 7) is 8.90. The number of hydrogen-bond acceptors (Lipinski definition) is 9. The second-order valence-corrected chi connectivity index (χ2v) is 15.3. The van der Waals surface area contributed by atoms with Gasteiger partial charge in [-0.15, -0.1) is 0 Å². The Kier molecular flexibility index (Phi) is 14.6. The summed E-state index contributed by atoms with van der Waals surface area (Å²) in [7, 11) is 1.51. The lowest BCUT2D eigenvalue weighted by Gasteiger charge is -2.36. The molecule has 3 atom stereocenters. The highest BCUT2D eigenvalue weighted by molar-refractivity contribution is 5.99. The van der Waals surface area contributed by atoms with Crippen molar-refractivity contribution in [2.24, 2.45) is 5.92 Å². The fourth-order valence-corrected chi connectivity index (χ4v) is 6.76. The highest BCUT2D eigenvalue weighted by Gasteiger charge is 2.39. The van der Waals surface area contributed by atoms with Crippen LogP contribution in [0.2, 0.25) is 0 Å². The van der Waals surface area contributed by atoms with Crippen LogP contribution in [-0.2, 0) is 37.0 Å². The van der Waals surface area contributed by atoms with E-state index < -0.39 is 53.5 Å². The van der Waals surface area contributed by atoms with Crippen LogP contribution in [0.25, 0.3) is 0 Å². The van der Waals surface area contributed by atoms with Gasteiger partial charge in [0.1, 0.15) is 30.1 Å². The SMILES string of the molecule is C[C@@H](C(=O)N[C@H](CN1Cc2ccccc2[C@H]1C(=O)Nc1cc(C(=O)NCCNC(=O)OCc2ccccc2)ccc1F)C1CCOCC1)N(C)C(=O)OC(C)(C)C. The number of benzene rings is 3. The van der Waals surface area contributed by atoms with Gasteiger partial charge in [-0.2, -0.15) is 0 Å². The molecule has 1 fully saturated rings. The van der Waals surface area contributed by atoms with Crippen molar-refractivity contribution in [3.63, 3.8) is 0 Å². The van der Waals surface area contributed by atoms with Gasteiger partial charge in [-0.05, 0) is 81.3 Å². The van der Waals surface area contributed by atoms with Gasteiger partial charge in [0, 0.05) is 58.0 Å². The number of ether oxygens (including phenoxy) is 3. The van der Waals surface area contributed by atoms with Gasteiger partial charge in [-0.1, -0.05) is 54.6 Å². The lowest BCUT2D eigenvalue weighted by atomic mass is 9.90. The van der Waals surface area contributed by atoms with Crippen molar-refractivity contribution < 1.29 is 42.6 Å². The number of carbonyl (C=O) groups is 5. The first-order valence-corrected chi connectivity index (χ1v) is 19.2. The Morgan fingerprint density at radius 3 is 2.35 bits per heavy atom. The summed E-state index contributed by atoms with van der Waals surface area (Å²) in [5.41, 5.74) is 1.70. The number of alkyl carbamates (subject to hydrolysis) is 1. The van der Waals surface area contributed by atoms with Crippen molar-refractivity contribution in [2.45, 2.75) is 77.4 Å². The summed E-state index contributed by atoms with van der Waals surface area (Å²) < 4.78 is 31.5. The average molecular weight is 789 g/mol. The molecule has 5 rings (SSSR count). The number of amides is 5. The van der Waals surface area contributed by atoms with Gasteiger partial charge >= 0.3 is 12.2 Å². The van der Waals surface area contributed by atoms with Gasteiger partial charge in [-0.3, -0.25) is 24.2 Å². The molecular formula is C42H53FN6O8. The van der Waals surface area contributed by atoms with Crippen molar-refractivity contribution in [3.8, 4) is 0 Å². The van der Waals surface area contributed by atoms with Crippen molar-refractivity contribution in [1.82, 2.24) is 25.8 Å². The molecule has 2 heterocycles. The number of rotatable bonds is 14. The maximum Gasteiger partial charge on any atom is 0.410 e. The summed E-state index contributed by atoms with van der Waals surface area (Å²) >= 11 is 0. The van der Waals surface area contributed by atoms with Crippen LogP contribution in [0.5, 0.6) is 0 Å². The van der Waals surface area contributed by atoms with E-state index in [4.69, 9.17) is 14.2 Å². The van der Waals surface area contributed by atoms with E-state index in [2.05, 4.69) is 21.3 Å². The molecule has 3 aromatic carbocycles. The molecule has 5 amide bonds. The van der Waals surface area contributed by atoms with Crippen LogP contribution in [0.15, 0.2) is 72.8 Å². The molecule has 0 aliphatic carbocycles. The Labute approximate surface area is 332 Å². The molecule has 14 nitrogen and oxygen atoms in total. The zero-order valence-electron chi connectivity index (χ0n) is 33.1. The maximum absolute atomic E-state index is 15.2. The molecule has 0 saturated carbocycles. The molecule has 57 heavy (non-hydrogen) atoms. The summed E-state index contributed by atoms with van der Waals surface area (Å²) in [5, 5.41) is 11.1. The zero-order chi connectivity index (χ0) is 41.1. The van der Waals surface area contributed by atoms with Crippen molar-refractivity contribution in [1.29, 1.82) is 0 Å². The minimum atomic E-state index is -0.845. The third-order valence-corrected chi connectivity index (χ3v) is 9.95. The molecule has 2 aliphatic rings. The Bertz CT molecular complexity index is 1880. The first-order chi connectivity index (χ1) is 27.2. The first-order valence-electron chi connectivity index (χ1n) is 19.2. The smallest absolute Gasteiger partial charge is 0.410 e. The number of anilines is 1. The van der Waals surface area contributed by atoms with Gasteiger partial charge in [0.15, 0.2) is 0 Å². The molecule has 1 saturated heterocycles. The Morgan fingerprint density at radius 2 is 1.63 bits per heavy atom. The number of halogens is 1. The Balaban J connectivity index is 1.24. The van der Waals surface area contributed by atoms with Crippen LogP contribution in [0.3, 0.4) is 0 Å². The number of hydrogen-bond donors (Lipinski definition) is 4. The highest BCUT2D eigenvalue weighted by Crippen LogP contribution is 2.36. The standard InChI is InChI=1S/C42H53FN6O8/c1-27(48(5)41(54)57-42(2,3)4)37(50)47-35(29-17-21-55-22-18-29)25-49-24-31-13-9-10-14-32(31)36(49)39(52)46-34-23-30(15-16-33(34)43)38(51)44-19-20-45-40(53)56-26-28-11-7-6-8-12-28/h6-16,23,27,29,35-36H,17-22,24-26H2,1-5H3,(H,44,51)(H,45,53)(H,46,52)(H,47,50)/t27-,35+,36-/m0/s1. The molecule has 15 heteroatoms. The van der Waals surface area contributed by atoms with E-state index in [1.807, 2.05) is 59.5 Å².